The summed E-state index contributed by atoms with van der Waals surface area (Å²) in [5.41, 5.74) is 4.26. The highest BCUT2D eigenvalue weighted by Gasteiger charge is 2.57. The molecule has 5 atom stereocenters. The first kappa shape index (κ1) is 26.3. The van der Waals surface area contributed by atoms with Crippen LogP contribution in [-0.4, -0.2) is 22.2 Å². The van der Waals surface area contributed by atoms with Gasteiger partial charge in [0.05, 0.1) is 0 Å². The summed E-state index contributed by atoms with van der Waals surface area (Å²) in [6.07, 6.45) is 5.82. The standard InChI is InChI=1S/C29H42O5/c1-17(2)23-8-10-25-28(6,24(23)9-11-26(31)32)13-12-19(4)29(25,7)16-21-15-22(34-20(5)30)14-18(3)27(21)33/h14-15,19,24-25,33H,8-13,16H2,1-7H3,(H,31,32)/t19-,24-,25+,28+,29+/m1/s1. The number of benzene rings is 1. The molecule has 0 amide bonds. The number of rotatable bonds is 6. The van der Waals surface area contributed by atoms with Crippen molar-refractivity contribution in [2.45, 2.75) is 93.4 Å². The van der Waals surface area contributed by atoms with E-state index >= 15 is 0 Å². The minimum absolute atomic E-state index is 0.0136. The van der Waals surface area contributed by atoms with Crippen LogP contribution in [0, 0.1) is 35.5 Å². The molecule has 5 nitrogen and oxygen atoms in total. The summed E-state index contributed by atoms with van der Waals surface area (Å²) < 4.78 is 5.37. The monoisotopic (exact) mass is 470 g/mol. The number of aromatic hydroxyl groups is 1. The van der Waals surface area contributed by atoms with Crippen LogP contribution in [0.4, 0.5) is 0 Å². The molecule has 2 fully saturated rings. The van der Waals surface area contributed by atoms with Gasteiger partial charge in [0.25, 0.3) is 0 Å². The second-order valence-corrected chi connectivity index (χ2v) is 11.6. The van der Waals surface area contributed by atoms with E-state index in [9.17, 15) is 19.8 Å². The average molecular weight is 471 g/mol. The maximum Gasteiger partial charge on any atom is 0.308 e. The number of carbonyl (C=O) groups is 2. The van der Waals surface area contributed by atoms with Gasteiger partial charge >= 0.3 is 11.9 Å². The smallest absolute Gasteiger partial charge is 0.308 e. The molecule has 0 bridgehead atoms. The Balaban J connectivity index is 2.04. The first-order chi connectivity index (χ1) is 15.8. The van der Waals surface area contributed by atoms with Crippen molar-refractivity contribution in [3.05, 3.63) is 34.4 Å². The van der Waals surface area contributed by atoms with Crippen LogP contribution >= 0.6 is 0 Å². The van der Waals surface area contributed by atoms with E-state index in [4.69, 9.17) is 4.74 Å². The average Bonchev–Trinajstić information content (AvgIpc) is 2.72. The van der Waals surface area contributed by atoms with Crippen LogP contribution in [0.25, 0.3) is 0 Å². The Morgan fingerprint density at radius 1 is 1.15 bits per heavy atom. The molecule has 0 spiro atoms. The molecule has 0 unspecified atom stereocenters. The van der Waals surface area contributed by atoms with Crippen molar-refractivity contribution in [3.8, 4) is 11.5 Å². The van der Waals surface area contributed by atoms with Crippen LogP contribution in [-0.2, 0) is 16.0 Å². The van der Waals surface area contributed by atoms with Crippen molar-refractivity contribution in [3.63, 3.8) is 0 Å². The molecule has 0 heterocycles. The third-order valence-electron chi connectivity index (χ3n) is 9.23. The molecule has 1 aromatic carbocycles. The zero-order chi connectivity index (χ0) is 25.4. The lowest BCUT2D eigenvalue weighted by molar-refractivity contribution is -0.138. The Bertz CT molecular complexity index is 988. The summed E-state index contributed by atoms with van der Waals surface area (Å²) in [6, 6.07) is 3.53. The Labute approximate surface area is 204 Å². The molecular weight excluding hydrogens is 428 g/mol. The van der Waals surface area contributed by atoms with Gasteiger partial charge < -0.3 is 14.9 Å². The number of phenolic OH excluding ortho intramolecular Hbond substituents is 1. The molecular formula is C29H42O5. The zero-order valence-electron chi connectivity index (χ0n) is 22.0. The zero-order valence-corrected chi connectivity index (χ0v) is 22.0. The third-order valence-corrected chi connectivity index (χ3v) is 9.23. The number of fused-ring (bicyclic) bond motifs is 1. The van der Waals surface area contributed by atoms with Crippen LogP contribution < -0.4 is 4.74 Å². The fourth-order valence-electron chi connectivity index (χ4n) is 7.33. The summed E-state index contributed by atoms with van der Waals surface area (Å²) in [5, 5.41) is 20.4. The molecule has 0 saturated heterocycles. The number of carbonyl (C=O) groups excluding carboxylic acids is 1. The van der Waals surface area contributed by atoms with Crippen molar-refractivity contribution in [2.24, 2.45) is 28.6 Å². The van der Waals surface area contributed by atoms with E-state index in [0.717, 1.165) is 31.2 Å². The first-order valence-electron chi connectivity index (χ1n) is 12.7. The number of aryl methyl sites for hydroxylation is 1. The van der Waals surface area contributed by atoms with Crippen LogP contribution in [0.5, 0.6) is 11.5 Å². The summed E-state index contributed by atoms with van der Waals surface area (Å²) in [4.78, 5) is 23.1. The highest BCUT2D eigenvalue weighted by molar-refractivity contribution is 5.69. The Kier molecular flexibility index (Phi) is 7.54. The SMILES string of the molecule is CC(=O)Oc1cc(C)c(O)c(C[C@]2(C)[C@H]3CCC(=C(C)C)[C@@H](CCC(=O)O)[C@]3(C)CC[C@H]2C)c1. The number of hydrogen-bond donors (Lipinski definition) is 2. The number of ether oxygens (including phenoxy) is 1. The molecule has 0 radical (unpaired) electrons. The maximum atomic E-state index is 11.6. The van der Waals surface area contributed by atoms with Gasteiger partial charge in [-0.05, 0) is 111 Å². The fraction of sp³-hybridized carbons (Fsp3) is 0.655. The number of carboxylic acids is 1. The number of carboxylic acid groups (broad SMARTS) is 1. The molecule has 5 heteroatoms. The number of hydrogen-bond acceptors (Lipinski definition) is 4. The van der Waals surface area contributed by atoms with Gasteiger partial charge in [0.1, 0.15) is 11.5 Å². The predicted molar refractivity (Wildman–Crippen MR) is 134 cm³/mol. The van der Waals surface area contributed by atoms with Gasteiger partial charge in [-0.3, -0.25) is 9.59 Å². The van der Waals surface area contributed by atoms with Crippen LogP contribution in [0.2, 0.25) is 0 Å². The van der Waals surface area contributed by atoms with E-state index in [-0.39, 0.29) is 34.9 Å². The Morgan fingerprint density at radius 2 is 1.82 bits per heavy atom. The lowest BCUT2D eigenvalue weighted by Gasteiger charge is -2.61. The Hall–Kier alpha value is -2.30. The van der Waals surface area contributed by atoms with E-state index in [2.05, 4.69) is 34.6 Å². The Morgan fingerprint density at radius 3 is 2.41 bits per heavy atom. The summed E-state index contributed by atoms with van der Waals surface area (Å²) in [5.74, 6) is 0.778. The molecule has 34 heavy (non-hydrogen) atoms. The molecule has 2 saturated carbocycles. The molecule has 0 aliphatic heterocycles. The molecule has 2 aliphatic carbocycles. The van der Waals surface area contributed by atoms with Crippen LogP contribution in [0.15, 0.2) is 23.3 Å². The second kappa shape index (κ2) is 9.75. The minimum atomic E-state index is -0.728. The van der Waals surface area contributed by atoms with E-state index in [1.54, 1.807) is 6.07 Å². The highest BCUT2D eigenvalue weighted by Crippen LogP contribution is 2.65. The normalized spacial score (nSPS) is 31.0. The number of esters is 1. The molecule has 3 rings (SSSR count). The predicted octanol–water partition coefficient (Wildman–Crippen LogP) is 6.84. The van der Waals surface area contributed by atoms with Gasteiger partial charge in [0.15, 0.2) is 0 Å². The molecule has 2 aliphatic rings. The largest absolute Gasteiger partial charge is 0.507 e. The quantitative estimate of drug-likeness (QED) is 0.270. The van der Waals surface area contributed by atoms with Gasteiger partial charge in [-0.25, -0.2) is 0 Å². The van der Waals surface area contributed by atoms with Gasteiger partial charge in [-0.15, -0.1) is 0 Å². The lowest BCUT2D eigenvalue weighted by Crippen LogP contribution is -2.54. The van der Waals surface area contributed by atoms with Gasteiger partial charge in [0.2, 0.25) is 0 Å². The van der Waals surface area contributed by atoms with E-state index in [0.29, 0.717) is 36.0 Å². The first-order valence-corrected chi connectivity index (χ1v) is 12.7. The minimum Gasteiger partial charge on any atom is -0.507 e. The molecule has 0 aromatic heterocycles. The highest BCUT2D eigenvalue weighted by atomic mass is 16.5. The van der Waals surface area contributed by atoms with E-state index in [1.165, 1.54) is 18.1 Å². The van der Waals surface area contributed by atoms with Gasteiger partial charge in [-0.2, -0.15) is 0 Å². The van der Waals surface area contributed by atoms with Gasteiger partial charge in [-0.1, -0.05) is 31.9 Å². The molecule has 2 N–H and O–H groups in total. The topological polar surface area (TPSA) is 83.8 Å². The number of aliphatic carboxylic acids is 1. The summed E-state index contributed by atoms with van der Waals surface area (Å²) in [6.45, 7) is 14.6. The summed E-state index contributed by atoms with van der Waals surface area (Å²) >= 11 is 0. The van der Waals surface area contributed by atoms with Crippen LogP contribution in [0.1, 0.15) is 91.2 Å². The second-order valence-electron chi connectivity index (χ2n) is 11.6. The molecule has 188 valence electrons. The molecule has 1 aromatic rings. The van der Waals surface area contributed by atoms with Crippen LogP contribution in [0.3, 0.4) is 0 Å². The van der Waals surface area contributed by atoms with Crippen molar-refractivity contribution >= 4 is 11.9 Å². The van der Waals surface area contributed by atoms with Crippen molar-refractivity contribution in [1.82, 2.24) is 0 Å². The number of phenols is 1. The van der Waals surface area contributed by atoms with E-state index in [1.807, 2.05) is 13.0 Å². The van der Waals surface area contributed by atoms with Crippen molar-refractivity contribution < 1.29 is 24.5 Å². The third kappa shape index (κ3) is 4.89. The maximum absolute atomic E-state index is 11.6. The van der Waals surface area contributed by atoms with E-state index < -0.39 is 5.97 Å². The number of allylic oxidation sites excluding steroid dienone is 2. The fourth-order valence-corrected chi connectivity index (χ4v) is 7.33. The van der Waals surface area contributed by atoms with Crippen molar-refractivity contribution in [1.29, 1.82) is 0 Å². The lowest BCUT2D eigenvalue weighted by atomic mass is 9.43. The van der Waals surface area contributed by atoms with Crippen molar-refractivity contribution in [2.75, 3.05) is 0 Å². The van der Waals surface area contributed by atoms with Gasteiger partial charge in [0, 0.05) is 13.3 Å². The summed E-state index contributed by atoms with van der Waals surface area (Å²) in [7, 11) is 0.